The van der Waals surface area contributed by atoms with Crippen molar-refractivity contribution >= 4 is 0 Å². The summed E-state index contributed by atoms with van der Waals surface area (Å²) in [6, 6.07) is 0. The first-order chi connectivity index (χ1) is 6.57. The molecule has 82 valence electrons. The molecule has 0 aliphatic carbocycles. The average Bonchev–Trinajstić information content (AvgIpc) is 2.57. The van der Waals surface area contributed by atoms with Crippen LogP contribution in [0, 0.1) is 0 Å². The van der Waals surface area contributed by atoms with E-state index in [-0.39, 0.29) is 24.9 Å². The van der Waals surface area contributed by atoms with E-state index in [1.807, 2.05) is 13.8 Å². The third-order valence-corrected chi connectivity index (χ3v) is 2.52. The van der Waals surface area contributed by atoms with Crippen molar-refractivity contribution in [2.24, 2.45) is 0 Å². The van der Waals surface area contributed by atoms with Crippen molar-refractivity contribution in [2.45, 2.75) is 44.2 Å². The van der Waals surface area contributed by atoms with Crippen LogP contribution in [0.4, 0.5) is 0 Å². The van der Waals surface area contributed by atoms with Crippen molar-refractivity contribution in [3.8, 4) is 0 Å². The lowest BCUT2D eigenvalue weighted by Gasteiger charge is -2.22. The van der Waals surface area contributed by atoms with Crippen LogP contribution in [-0.4, -0.2) is 49.2 Å². The van der Waals surface area contributed by atoms with Gasteiger partial charge in [-0.3, -0.25) is 0 Å². The number of aliphatic hydroxyl groups excluding tert-OH is 1. The van der Waals surface area contributed by atoms with Crippen LogP contribution in [0.5, 0.6) is 0 Å². The van der Waals surface area contributed by atoms with Crippen LogP contribution in [0.1, 0.15) is 13.8 Å². The van der Waals surface area contributed by atoms with Crippen LogP contribution < -0.4 is 0 Å². The van der Waals surface area contributed by atoms with Crippen molar-refractivity contribution in [3.05, 3.63) is 0 Å². The molecule has 5 heteroatoms. The van der Waals surface area contributed by atoms with E-state index in [0.29, 0.717) is 0 Å². The molecule has 2 aliphatic rings. The molecule has 0 unspecified atom stereocenters. The van der Waals surface area contributed by atoms with Gasteiger partial charge in [-0.1, -0.05) is 0 Å². The van der Waals surface area contributed by atoms with Crippen LogP contribution in [0.3, 0.4) is 0 Å². The number of hydrogen-bond donors (Lipinski definition) is 1. The van der Waals surface area contributed by atoms with E-state index in [4.69, 9.17) is 24.1 Å². The van der Waals surface area contributed by atoms with Crippen molar-refractivity contribution in [2.75, 3.05) is 13.7 Å². The maximum absolute atomic E-state index is 9.08. The molecular weight excluding hydrogens is 188 g/mol. The summed E-state index contributed by atoms with van der Waals surface area (Å²) in [6.07, 6.45) is -1.28. The molecule has 5 nitrogen and oxygen atoms in total. The van der Waals surface area contributed by atoms with Crippen LogP contribution in [0.15, 0.2) is 0 Å². The quantitative estimate of drug-likeness (QED) is 0.679. The molecule has 2 heterocycles. The molecule has 0 aromatic rings. The number of ether oxygens (including phenoxy) is 4. The Labute approximate surface area is 82.9 Å². The molecular formula is C9H16O5. The lowest BCUT2D eigenvalue weighted by molar-refractivity contribution is -0.230. The van der Waals surface area contributed by atoms with Crippen molar-refractivity contribution < 1.29 is 24.1 Å². The molecule has 1 N–H and O–H groups in total. The number of hydrogen-bond acceptors (Lipinski definition) is 5. The summed E-state index contributed by atoms with van der Waals surface area (Å²) >= 11 is 0. The Bertz CT molecular complexity index is 197. The summed E-state index contributed by atoms with van der Waals surface area (Å²) in [5.41, 5.74) is 0. The average molecular weight is 204 g/mol. The number of aliphatic hydroxyl groups is 1. The van der Waals surface area contributed by atoms with Gasteiger partial charge < -0.3 is 24.1 Å². The number of rotatable bonds is 2. The van der Waals surface area contributed by atoms with E-state index in [9.17, 15) is 0 Å². The molecule has 0 radical (unpaired) electrons. The van der Waals surface area contributed by atoms with E-state index in [1.54, 1.807) is 7.11 Å². The predicted molar refractivity (Wildman–Crippen MR) is 46.6 cm³/mol. The third kappa shape index (κ3) is 1.55. The molecule has 2 rings (SSSR count). The van der Waals surface area contributed by atoms with E-state index in [1.165, 1.54) is 0 Å². The maximum Gasteiger partial charge on any atom is 0.186 e. The Balaban J connectivity index is 2.12. The lowest BCUT2D eigenvalue weighted by Crippen LogP contribution is -2.31. The minimum Gasteiger partial charge on any atom is -0.394 e. The number of fused-ring (bicyclic) bond motifs is 1. The summed E-state index contributed by atoms with van der Waals surface area (Å²) in [4.78, 5) is 0. The first-order valence-corrected chi connectivity index (χ1v) is 4.72. The fourth-order valence-corrected chi connectivity index (χ4v) is 1.98. The molecule has 0 amide bonds. The summed E-state index contributed by atoms with van der Waals surface area (Å²) in [5.74, 6) is -0.622. The zero-order valence-corrected chi connectivity index (χ0v) is 8.60. The topological polar surface area (TPSA) is 57.2 Å². The van der Waals surface area contributed by atoms with Gasteiger partial charge in [0.2, 0.25) is 0 Å². The zero-order chi connectivity index (χ0) is 10.3. The van der Waals surface area contributed by atoms with Crippen LogP contribution >= 0.6 is 0 Å². The summed E-state index contributed by atoms with van der Waals surface area (Å²) in [5, 5.41) is 9.08. The highest BCUT2D eigenvalue weighted by atomic mass is 16.8. The van der Waals surface area contributed by atoms with E-state index >= 15 is 0 Å². The van der Waals surface area contributed by atoms with Gasteiger partial charge in [0.25, 0.3) is 0 Å². The SMILES string of the molecule is CO[C@@H]1O[C@H](CO)[C@H]2OC(C)(C)O[C@@H]12. The Morgan fingerprint density at radius 2 is 1.93 bits per heavy atom. The molecule has 2 fully saturated rings. The fourth-order valence-electron chi connectivity index (χ4n) is 1.98. The minimum atomic E-state index is -0.622. The molecule has 0 bridgehead atoms. The van der Waals surface area contributed by atoms with Gasteiger partial charge in [-0.15, -0.1) is 0 Å². The predicted octanol–water partition coefficient (Wildman–Crippen LogP) is -0.130. The largest absolute Gasteiger partial charge is 0.394 e. The van der Waals surface area contributed by atoms with Crippen LogP contribution in [0.25, 0.3) is 0 Å². The lowest BCUT2D eigenvalue weighted by atomic mass is 10.1. The van der Waals surface area contributed by atoms with Crippen LogP contribution in [0.2, 0.25) is 0 Å². The Morgan fingerprint density at radius 3 is 2.50 bits per heavy atom. The molecule has 4 atom stereocenters. The molecule has 0 aromatic heterocycles. The van der Waals surface area contributed by atoms with E-state index < -0.39 is 12.1 Å². The van der Waals surface area contributed by atoms with Gasteiger partial charge in [0.05, 0.1) is 6.61 Å². The molecule has 14 heavy (non-hydrogen) atoms. The second-order valence-electron chi connectivity index (χ2n) is 4.03. The smallest absolute Gasteiger partial charge is 0.186 e. The molecule has 0 saturated carbocycles. The Kier molecular flexibility index (Phi) is 2.53. The Hall–Kier alpha value is -0.200. The first kappa shape index (κ1) is 10.3. The minimum absolute atomic E-state index is 0.0829. The monoisotopic (exact) mass is 204 g/mol. The highest BCUT2D eigenvalue weighted by Gasteiger charge is 2.55. The second kappa shape index (κ2) is 3.43. The molecule has 0 aromatic carbocycles. The van der Waals surface area contributed by atoms with Crippen LogP contribution in [-0.2, 0) is 18.9 Å². The zero-order valence-electron chi connectivity index (χ0n) is 8.60. The summed E-state index contributed by atoms with van der Waals surface area (Å²) in [6.45, 7) is 3.60. The van der Waals surface area contributed by atoms with Gasteiger partial charge in [0.1, 0.15) is 18.3 Å². The molecule has 2 aliphatic heterocycles. The van der Waals surface area contributed by atoms with Gasteiger partial charge in [0, 0.05) is 7.11 Å². The van der Waals surface area contributed by atoms with Gasteiger partial charge >= 0.3 is 0 Å². The van der Waals surface area contributed by atoms with Gasteiger partial charge in [-0.25, -0.2) is 0 Å². The van der Waals surface area contributed by atoms with Crippen molar-refractivity contribution in [1.29, 1.82) is 0 Å². The highest BCUT2D eigenvalue weighted by Crippen LogP contribution is 2.38. The van der Waals surface area contributed by atoms with E-state index in [2.05, 4.69) is 0 Å². The summed E-state index contributed by atoms with van der Waals surface area (Å²) < 4.78 is 21.8. The maximum atomic E-state index is 9.08. The second-order valence-corrected chi connectivity index (χ2v) is 4.03. The third-order valence-electron chi connectivity index (χ3n) is 2.52. The van der Waals surface area contributed by atoms with E-state index in [0.717, 1.165) is 0 Å². The normalized spacial score (nSPS) is 45.4. The summed E-state index contributed by atoms with van der Waals surface area (Å²) in [7, 11) is 1.55. The Morgan fingerprint density at radius 1 is 1.29 bits per heavy atom. The molecule has 2 saturated heterocycles. The standard InChI is InChI=1S/C9H16O5/c1-9(2)13-6-5(4-10)12-8(11-3)7(6)14-9/h5-8,10H,4H2,1-3H3/t5-,6-,7-,8-/m1/s1. The van der Waals surface area contributed by atoms with Gasteiger partial charge in [0.15, 0.2) is 12.1 Å². The number of methoxy groups -OCH3 is 1. The highest BCUT2D eigenvalue weighted by molar-refractivity contribution is 4.94. The van der Waals surface area contributed by atoms with Crippen molar-refractivity contribution in [1.82, 2.24) is 0 Å². The van der Waals surface area contributed by atoms with Crippen molar-refractivity contribution in [3.63, 3.8) is 0 Å². The first-order valence-electron chi connectivity index (χ1n) is 4.72. The van der Waals surface area contributed by atoms with Gasteiger partial charge in [-0.2, -0.15) is 0 Å². The fraction of sp³-hybridized carbons (Fsp3) is 1.00. The molecule has 0 spiro atoms. The van der Waals surface area contributed by atoms with Gasteiger partial charge in [-0.05, 0) is 13.8 Å².